The van der Waals surface area contributed by atoms with Crippen molar-refractivity contribution in [1.29, 1.82) is 0 Å². The first kappa shape index (κ1) is 35.5. The first-order valence-electron chi connectivity index (χ1n) is 19.2. The first-order chi connectivity index (χ1) is 24.2. The highest BCUT2D eigenvalue weighted by Gasteiger charge is 3.14. The number of para-hydroxylation sites is 1. The SMILES string of the molecule is CNc1c(CN2O[C@@H](CO)C([C@H](C)O)[C@H]2[C@@H]2OC2N[C@]23C4[C@@H]5C(C)(C)[C@H]([C@@H]2C)C453)cccc1-c1cccc(C(=O)N[C@@H](CC(C)C)CN(C)C)c1. The molecule has 2 heterocycles. The number of likely N-dealkylation sites (N-methyl/N-ethyl adjacent to an activating group) is 1. The van der Waals surface area contributed by atoms with Gasteiger partial charge in [0, 0.05) is 53.3 Å². The smallest absolute Gasteiger partial charge is 0.251 e. The summed E-state index contributed by atoms with van der Waals surface area (Å²) < 4.78 is 6.43. The van der Waals surface area contributed by atoms with Gasteiger partial charge in [-0.1, -0.05) is 65.0 Å². The number of fused-ring (bicyclic) bond motifs is 2. The topological polar surface area (TPSA) is 122 Å². The predicted octanol–water partition coefficient (Wildman–Crippen LogP) is 4.18. The molecule has 8 rings (SSSR count). The fraction of sp³-hybridized carbons (Fsp3) is 0.683. The van der Waals surface area contributed by atoms with Crippen LogP contribution in [-0.4, -0.2) is 103 Å². The molecule has 278 valence electrons. The molecule has 51 heavy (non-hydrogen) atoms. The van der Waals surface area contributed by atoms with E-state index in [4.69, 9.17) is 9.57 Å². The second-order valence-electron chi connectivity index (χ2n) is 18.0. The molecule has 2 aromatic carbocycles. The number of carbonyl (C=O) groups excluding carboxylic acids is 1. The van der Waals surface area contributed by atoms with Gasteiger partial charge >= 0.3 is 0 Å². The van der Waals surface area contributed by atoms with Gasteiger partial charge in [-0.05, 0) is 85.7 Å². The number of carbonyl (C=O) groups is 1. The number of ether oxygens (including phenoxy) is 1. The fourth-order valence-electron chi connectivity index (χ4n) is 12.5. The number of hydrogen-bond acceptors (Lipinski definition) is 9. The zero-order valence-electron chi connectivity index (χ0n) is 31.8. The van der Waals surface area contributed by atoms with Crippen LogP contribution < -0.4 is 16.0 Å². The van der Waals surface area contributed by atoms with Gasteiger partial charge in [0.05, 0.1) is 25.3 Å². The quantitative estimate of drug-likeness (QED) is 0.174. The van der Waals surface area contributed by atoms with Crippen LogP contribution >= 0.6 is 0 Å². The third-order valence-electron chi connectivity index (χ3n) is 14.0. The van der Waals surface area contributed by atoms with Crippen molar-refractivity contribution in [3.05, 3.63) is 53.6 Å². The molecule has 4 unspecified atom stereocenters. The number of benzene rings is 2. The molecule has 2 saturated heterocycles. The van der Waals surface area contributed by atoms with Crippen molar-refractivity contribution in [2.24, 2.45) is 46.3 Å². The number of nitrogens with zero attached hydrogens (tertiary/aromatic N) is 2. The van der Waals surface area contributed by atoms with Crippen molar-refractivity contribution in [2.75, 3.05) is 39.6 Å². The number of aliphatic hydroxyl groups is 2. The standard InChI is InChI=1S/C41H59N5O5/c1-21(2)16-27(19-45(8)9)43-37(49)25-13-10-12-24(17-25)28-15-11-14-26(31(28)42-7)18-46-32(30(23(4)48)29(20-47)51-46)33-38(50-33)44-41-22(3)34-39(5,6)35-36(41)40(34,35)41/h10-15,17,21-23,27,29-30,32-36,38,42,44,47-48H,16,18-20H2,1-9H3,(H,43,49)/t22-,23-,27-,29-,30?,32-,33-,34-,35+,36?,38?,40?,41-/m0/s1. The lowest BCUT2D eigenvalue weighted by Gasteiger charge is -2.69. The van der Waals surface area contributed by atoms with E-state index in [9.17, 15) is 15.0 Å². The van der Waals surface area contributed by atoms with Crippen molar-refractivity contribution in [3.8, 4) is 11.1 Å². The third-order valence-corrected chi connectivity index (χ3v) is 14.0. The fourth-order valence-corrected chi connectivity index (χ4v) is 12.5. The number of epoxide rings is 1. The highest BCUT2D eigenvalue weighted by Crippen LogP contribution is 3.10. The molecular weight excluding hydrogens is 642 g/mol. The summed E-state index contributed by atoms with van der Waals surface area (Å²) in [6.07, 6.45) is -0.535. The van der Waals surface area contributed by atoms with Crippen LogP contribution in [0.25, 0.3) is 11.1 Å². The molecule has 0 aromatic heterocycles. The molecule has 1 amide bonds. The third kappa shape index (κ3) is 5.04. The maximum atomic E-state index is 13.5. The molecule has 6 fully saturated rings. The molecule has 0 radical (unpaired) electrons. The summed E-state index contributed by atoms with van der Waals surface area (Å²) in [5.74, 6) is 3.19. The Morgan fingerprint density at radius 2 is 1.82 bits per heavy atom. The van der Waals surface area contributed by atoms with E-state index in [0.717, 1.165) is 53.1 Å². The van der Waals surface area contributed by atoms with Gasteiger partial charge in [-0.2, -0.15) is 5.06 Å². The van der Waals surface area contributed by atoms with Crippen LogP contribution in [0.15, 0.2) is 42.5 Å². The Morgan fingerprint density at radius 3 is 2.45 bits per heavy atom. The lowest BCUT2D eigenvalue weighted by Crippen LogP contribution is -2.75. The van der Waals surface area contributed by atoms with E-state index in [2.05, 4.69) is 67.6 Å². The summed E-state index contributed by atoms with van der Waals surface area (Å²) in [6.45, 7) is 14.5. The van der Waals surface area contributed by atoms with Crippen molar-refractivity contribution in [1.82, 2.24) is 20.6 Å². The minimum absolute atomic E-state index is 0.0600. The van der Waals surface area contributed by atoms with Gasteiger partial charge in [0.15, 0.2) is 0 Å². The van der Waals surface area contributed by atoms with E-state index >= 15 is 0 Å². The van der Waals surface area contributed by atoms with Gasteiger partial charge in [0.25, 0.3) is 5.91 Å². The largest absolute Gasteiger partial charge is 0.394 e. The minimum atomic E-state index is -0.682. The van der Waals surface area contributed by atoms with E-state index in [1.807, 2.05) is 56.5 Å². The van der Waals surface area contributed by atoms with E-state index in [-0.39, 0.29) is 48.4 Å². The van der Waals surface area contributed by atoms with Crippen LogP contribution in [0.3, 0.4) is 0 Å². The van der Waals surface area contributed by atoms with Crippen LogP contribution in [-0.2, 0) is 16.1 Å². The summed E-state index contributed by atoms with van der Waals surface area (Å²) in [6, 6.07) is 13.8. The number of hydroxylamine groups is 2. The molecule has 4 saturated carbocycles. The maximum Gasteiger partial charge on any atom is 0.251 e. The normalized spacial score (nSPS) is 39.0. The molecule has 1 spiro atoms. The summed E-state index contributed by atoms with van der Waals surface area (Å²) in [5.41, 5.74) is 5.71. The predicted molar refractivity (Wildman–Crippen MR) is 198 cm³/mol. The summed E-state index contributed by atoms with van der Waals surface area (Å²) in [5, 5.41) is 34.1. The van der Waals surface area contributed by atoms with Gasteiger partial charge < -0.3 is 30.5 Å². The molecule has 0 bridgehead atoms. The Kier molecular flexibility index (Phi) is 8.50. The molecule has 2 aromatic rings. The van der Waals surface area contributed by atoms with Crippen molar-refractivity contribution in [3.63, 3.8) is 0 Å². The van der Waals surface area contributed by atoms with Crippen LogP contribution in [0.2, 0.25) is 0 Å². The number of amides is 1. The van der Waals surface area contributed by atoms with Gasteiger partial charge in [0.2, 0.25) is 0 Å². The van der Waals surface area contributed by atoms with E-state index < -0.39 is 12.2 Å². The summed E-state index contributed by atoms with van der Waals surface area (Å²) in [4.78, 5) is 22.1. The van der Waals surface area contributed by atoms with Gasteiger partial charge in [-0.15, -0.1) is 0 Å². The Bertz CT molecular complexity index is 1670. The second-order valence-corrected chi connectivity index (χ2v) is 18.0. The summed E-state index contributed by atoms with van der Waals surface area (Å²) in [7, 11) is 5.98. The zero-order chi connectivity index (χ0) is 36.4. The molecule has 5 N–H and O–H groups in total. The molecule has 6 aliphatic rings. The molecule has 10 heteroatoms. The molecule has 2 aliphatic heterocycles. The number of anilines is 1. The molecule has 4 aliphatic carbocycles. The van der Waals surface area contributed by atoms with Crippen molar-refractivity contribution < 1.29 is 24.6 Å². The van der Waals surface area contributed by atoms with E-state index in [1.165, 1.54) is 0 Å². The van der Waals surface area contributed by atoms with Crippen molar-refractivity contribution >= 4 is 11.6 Å². The van der Waals surface area contributed by atoms with Gasteiger partial charge in [-0.25, -0.2) is 0 Å². The minimum Gasteiger partial charge on any atom is -0.394 e. The molecule has 10 nitrogen and oxygen atoms in total. The first-order valence-corrected chi connectivity index (χ1v) is 19.2. The van der Waals surface area contributed by atoms with Gasteiger partial charge in [0.1, 0.15) is 18.4 Å². The zero-order valence-corrected chi connectivity index (χ0v) is 31.8. The second kappa shape index (κ2) is 12.2. The maximum absolute atomic E-state index is 13.5. The number of hydrogen-bond donors (Lipinski definition) is 5. The monoisotopic (exact) mass is 701 g/mol. The van der Waals surface area contributed by atoms with Gasteiger partial charge in [-0.3, -0.25) is 14.9 Å². The Balaban J connectivity index is 1.01. The Morgan fingerprint density at radius 1 is 1.08 bits per heavy atom. The van der Waals surface area contributed by atoms with E-state index in [0.29, 0.717) is 34.8 Å². The van der Waals surface area contributed by atoms with Crippen LogP contribution in [0.5, 0.6) is 0 Å². The van der Waals surface area contributed by atoms with Crippen molar-refractivity contribution in [2.45, 2.75) is 96.7 Å². The van der Waals surface area contributed by atoms with Crippen LogP contribution in [0, 0.1) is 46.3 Å². The summed E-state index contributed by atoms with van der Waals surface area (Å²) >= 11 is 0. The Hall–Kier alpha value is -2.57. The average Bonchev–Trinajstić information content (AvgIpc) is 4.00. The number of rotatable bonds is 15. The number of nitrogens with one attached hydrogen (secondary N) is 3. The lowest BCUT2D eigenvalue weighted by molar-refractivity contribution is -0.202. The highest BCUT2D eigenvalue weighted by molar-refractivity contribution is 5.96. The molecule has 13 atom stereocenters. The number of aliphatic hydroxyl groups excluding tert-OH is 2. The van der Waals surface area contributed by atoms with Crippen LogP contribution in [0.1, 0.15) is 63.9 Å². The lowest BCUT2D eigenvalue weighted by atomic mass is 9.37. The Labute approximate surface area is 303 Å². The highest BCUT2D eigenvalue weighted by atomic mass is 16.7. The average molecular weight is 702 g/mol. The van der Waals surface area contributed by atoms with Crippen LogP contribution in [0.4, 0.5) is 5.69 Å². The molecular formula is C41H59N5O5. The van der Waals surface area contributed by atoms with E-state index in [1.54, 1.807) is 6.92 Å².